The molecular weight excluding hydrogens is 388 g/mol. The summed E-state index contributed by atoms with van der Waals surface area (Å²) in [5.41, 5.74) is 2.22. The average Bonchev–Trinajstić information content (AvgIpc) is 2.57. The summed E-state index contributed by atoms with van der Waals surface area (Å²) in [6.45, 7) is 8.23. The molecule has 2 aromatic rings. The number of nitrogens with one attached hydrogen (secondary N) is 1. The van der Waals surface area contributed by atoms with E-state index < -0.39 is 10.0 Å². The minimum Gasteiger partial charge on any atom is -0.490 e. The Morgan fingerprint density at radius 1 is 1.11 bits per heavy atom. The van der Waals surface area contributed by atoms with E-state index in [1.807, 2.05) is 20.8 Å². The Morgan fingerprint density at radius 2 is 1.81 bits per heavy atom. The monoisotopic (exact) mass is 410 g/mol. The van der Waals surface area contributed by atoms with E-state index in [-0.39, 0.29) is 4.90 Å². The summed E-state index contributed by atoms with van der Waals surface area (Å²) in [4.78, 5) is 2.41. The van der Waals surface area contributed by atoms with Gasteiger partial charge >= 0.3 is 0 Å². The fraction of sp³-hybridized carbons (Fsp3) is 0.316. The minimum absolute atomic E-state index is 0.185. The molecule has 0 bridgehead atoms. The quantitative estimate of drug-likeness (QED) is 0.525. The Labute approximate surface area is 165 Å². The van der Waals surface area contributed by atoms with E-state index in [1.54, 1.807) is 37.3 Å². The lowest BCUT2D eigenvalue weighted by Crippen LogP contribution is -2.19. The number of hydrazone groups is 1. The largest absolute Gasteiger partial charge is 0.490 e. The predicted octanol–water partition coefficient (Wildman–Crippen LogP) is 4.07. The third-order valence-corrected chi connectivity index (χ3v) is 5.29. The van der Waals surface area contributed by atoms with E-state index in [0.29, 0.717) is 40.9 Å². The summed E-state index contributed by atoms with van der Waals surface area (Å²) in [7, 11) is -3.76. The lowest BCUT2D eigenvalue weighted by molar-refractivity contribution is 0.288. The predicted molar refractivity (Wildman–Crippen MR) is 108 cm³/mol. The Morgan fingerprint density at radius 3 is 2.44 bits per heavy atom. The second kappa shape index (κ2) is 9.10. The first-order chi connectivity index (χ1) is 12.8. The van der Waals surface area contributed by atoms with Gasteiger partial charge in [0.25, 0.3) is 10.0 Å². The molecule has 0 aliphatic rings. The average molecular weight is 411 g/mol. The lowest BCUT2D eigenvalue weighted by atomic mass is 10.2. The van der Waals surface area contributed by atoms with E-state index in [1.165, 1.54) is 6.21 Å². The zero-order valence-electron chi connectivity index (χ0n) is 15.7. The topological polar surface area (TPSA) is 77.0 Å². The fourth-order valence-electron chi connectivity index (χ4n) is 2.53. The van der Waals surface area contributed by atoms with Crippen molar-refractivity contribution in [1.82, 2.24) is 4.83 Å². The normalized spacial score (nSPS) is 11.6. The van der Waals surface area contributed by atoms with Crippen molar-refractivity contribution < 1.29 is 17.9 Å². The van der Waals surface area contributed by atoms with Gasteiger partial charge in [-0.05, 0) is 57.0 Å². The third-order valence-electron chi connectivity index (χ3n) is 3.63. The SMILES string of the molecule is CCOc1cc(/C=N/NS(=O)(=O)c2ccc(C)cc2C)cc(Cl)c1OCC. The van der Waals surface area contributed by atoms with Crippen molar-refractivity contribution in [2.75, 3.05) is 13.2 Å². The summed E-state index contributed by atoms with van der Waals surface area (Å²) in [6, 6.07) is 8.42. The maximum Gasteiger partial charge on any atom is 0.276 e. The van der Waals surface area contributed by atoms with Gasteiger partial charge in [-0.3, -0.25) is 0 Å². The lowest BCUT2D eigenvalue weighted by Gasteiger charge is -2.13. The zero-order valence-corrected chi connectivity index (χ0v) is 17.3. The van der Waals surface area contributed by atoms with Crippen LogP contribution >= 0.6 is 11.6 Å². The highest BCUT2D eigenvalue weighted by atomic mass is 35.5. The van der Waals surface area contributed by atoms with E-state index in [0.717, 1.165) is 5.56 Å². The van der Waals surface area contributed by atoms with Crippen LogP contribution < -0.4 is 14.3 Å². The molecular formula is C19H23ClN2O4S. The summed E-state index contributed by atoms with van der Waals surface area (Å²) in [5.74, 6) is 0.930. The van der Waals surface area contributed by atoms with Crippen molar-refractivity contribution in [1.29, 1.82) is 0 Å². The molecule has 0 aliphatic carbocycles. The van der Waals surface area contributed by atoms with Gasteiger partial charge in [0.05, 0.1) is 29.3 Å². The summed E-state index contributed by atoms with van der Waals surface area (Å²) in [5, 5.41) is 4.22. The van der Waals surface area contributed by atoms with Crippen LogP contribution in [0.2, 0.25) is 5.02 Å². The summed E-state index contributed by atoms with van der Waals surface area (Å²) < 4.78 is 35.9. The number of rotatable bonds is 8. The first kappa shape index (κ1) is 21.1. The van der Waals surface area contributed by atoms with Crippen LogP contribution in [0.25, 0.3) is 0 Å². The number of sulfonamides is 1. The van der Waals surface area contributed by atoms with Gasteiger partial charge < -0.3 is 9.47 Å². The minimum atomic E-state index is -3.76. The molecule has 0 unspecified atom stereocenters. The molecule has 0 aliphatic heterocycles. The highest BCUT2D eigenvalue weighted by Gasteiger charge is 2.16. The van der Waals surface area contributed by atoms with Crippen LogP contribution in [0.3, 0.4) is 0 Å². The van der Waals surface area contributed by atoms with Crippen LogP contribution in [-0.2, 0) is 10.0 Å². The second-order valence-corrected chi connectivity index (χ2v) is 7.85. The molecule has 0 spiro atoms. The van der Waals surface area contributed by atoms with E-state index >= 15 is 0 Å². The van der Waals surface area contributed by atoms with E-state index in [4.69, 9.17) is 21.1 Å². The van der Waals surface area contributed by atoms with Gasteiger partial charge in [-0.25, -0.2) is 4.83 Å². The molecule has 0 saturated heterocycles. The van der Waals surface area contributed by atoms with Crippen LogP contribution in [0.15, 0.2) is 40.3 Å². The highest BCUT2D eigenvalue weighted by Crippen LogP contribution is 2.36. The number of hydrogen-bond donors (Lipinski definition) is 1. The Hall–Kier alpha value is -2.25. The van der Waals surface area contributed by atoms with Gasteiger partial charge in [0.2, 0.25) is 0 Å². The van der Waals surface area contributed by atoms with Gasteiger partial charge in [0, 0.05) is 0 Å². The molecule has 6 nitrogen and oxygen atoms in total. The second-order valence-electron chi connectivity index (χ2n) is 5.82. The van der Waals surface area contributed by atoms with Crippen LogP contribution in [0.1, 0.15) is 30.5 Å². The molecule has 2 aromatic carbocycles. The van der Waals surface area contributed by atoms with Gasteiger partial charge in [-0.2, -0.15) is 13.5 Å². The Kier molecular flexibility index (Phi) is 7.10. The molecule has 0 saturated carbocycles. The number of benzene rings is 2. The van der Waals surface area contributed by atoms with Gasteiger partial charge in [-0.1, -0.05) is 29.3 Å². The zero-order chi connectivity index (χ0) is 20.0. The number of ether oxygens (including phenoxy) is 2. The number of nitrogens with zero attached hydrogens (tertiary/aromatic N) is 1. The Bertz CT molecular complexity index is 943. The number of aryl methyl sites for hydroxylation is 2. The molecule has 0 atom stereocenters. The fourth-order valence-corrected chi connectivity index (χ4v) is 3.82. The maximum atomic E-state index is 12.4. The molecule has 0 amide bonds. The molecule has 8 heteroatoms. The molecule has 2 rings (SSSR count). The van der Waals surface area contributed by atoms with Crippen molar-refractivity contribution in [3.05, 3.63) is 52.0 Å². The van der Waals surface area contributed by atoms with Crippen LogP contribution in [0.4, 0.5) is 0 Å². The summed E-state index contributed by atoms with van der Waals surface area (Å²) >= 11 is 6.24. The number of hydrogen-bond acceptors (Lipinski definition) is 5. The molecule has 0 aromatic heterocycles. The molecule has 27 heavy (non-hydrogen) atoms. The molecule has 0 fully saturated rings. The Balaban J connectivity index is 2.24. The van der Waals surface area contributed by atoms with Crippen molar-refractivity contribution in [2.24, 2.45) is 5.10 Å². The van der Waals surface area contributed by atoms with Crippen LogP contribution in [-0.4, -0.2) is 27.8 Å². The first-order valence-electron chi connectivity index (χ1n) is 8.49. The van der Waals surface area contributed by atoms with E-state index in [9.17, 15) is 8.42 Å². The third kappa shape index (κ3) is 5.37. The molecule has 0 radical (unpaired) electrons. The van der Waals surface area contributed by atoms with Crippen molar-refractivity contribution in [3.63, 3.8) is 0 Å². The van der Waals surface area contributed by atoms with Crippen LogP contribution in [0.5, 0.6) is 11.5 Å². The highest BCUT2D eigenvalue weighted by molar-refractivity contribution is 7.89. The molecule has 146 valence electrons. The molecule has 0 heterocycles. The van der Waals surface area contributed by atoms with Gasteiger partial charge in [0.15, 0.2) is 11.5 Å². The smallest absolute Gasteiger partial charge is 0.276 e. The van der Waals surface area contributed by atoms with Crippen LogP contribution in [0, 0.1) is 13.8 Å². The standard InChI is InChI=1S/C19H23ClN2O4S/c1-5-25-17-11-15(10-16(20)19(17)26-6-2)12-21-22-27(23,24)18-8-7-13(3)9-14(18)4/h7-12,22H,5-6H2,1-4H3/b21-12+. The van der Waals surface area contributed by atoms with Crippen molar-refractivity contribution in [3.8, 4) is 11.5 Å². The molecule has 1 N–H and O–H groups in total. The van der Waals surface area contributed by atoms with Crippen molar-refractivity contribution in [2.45, 2.75) is 32.6 Å². The maximum absolute atomic E-state index is 12.4. The van der Waals surface area contributed by atoms with Gasteiger partial charge in [-0.15, -0.1) is 0 Å². The number of halogens is 1. The first-order valence-corrected chi connectivity index (χ1v) is 10.4. The van der Waals surface area contributed by atoms with Crippen molar-refractivity contribution >= 4 is 27.8 Å². The van der Waals surface area contributed by atoms with Gasteiger partial charge in [0.1, 0.15) is 0 Å². The van der Waals surface area contributed by atoms with E-state index in [2.05, 4.69) is 9.93 Å². The summed E-state index contributed by atoms with van der Waals surface area (Å²) in [6.07, 6.45) is 1.37.